The molecule has 2 rings (SSSR count). The zero-order chi connectivity index (χ0) is 17.0. The van der Waals surface area contributed by atoms with Crippen molar-refractivity contribution in [3.63, 3.8) is 0 Å². The van der Waals surface area contributed by atoms with Crippen molar-refractivity contribution in [3.05, 3.63) is 85.9 Å². The molecule has 2 aromatic rings. The van der Waals surface area contributed by atoms with Crippen LogP contribution in [0.5, 0.6) is 0 Å². The minimum absolute atomic E-state index is 0.0739. The van der Waals surface area contributed by atoms with Crippen LogP contribution in [0.1, 0.15) is 27.6 Å². The molecule has 0 radical (unpaired) electrons. The average Bonchev–Trinajstić information content (AvgIpc) is 2.56. The van der Waals surface area contributed by atoms with Gasteiger partial charge in [0.2, 0.25) is 0 Å². The normalized spacial score (nSPS) is 12.7. The Morgan fingerprint density at radius 3 is 2.22 bits per heavy atom. The van der Waals surface area contributed by atoms with E-state index in [0.717, 1.165) is 5.56 Å². The fourth-order valence-electron chi connectivity index (χ4n) is 2.06. The van der Waals surface area contributed by atoms with Crippen molar-refractivity contribution >= 4 is 27.4 Å². The lowest BCUT2D eigenvalue weighted by Gasteiger charge is -2.14. The molecular formula is C17H14BrNO4. The van der Waals surface area contributed by atoms with E-state index in [1.807, 2.05) is 19.1 Å². The van der Waals surface area contributed by atoms with Crippen LogP contribution in [-0.2, 0) is 0 Å². The summed E-state index contributed by atoms with van der Waals surface area (Å²) in [6.45, 7) is 1.92. The fourth-order valence-corrected chi connectivity index (χ4v) is 2.52. The molecule has 0 aliphatic rings. The molecule has 0 fully saturated rings. The first-order valence-electron chi connectivity index (χ1n) is 6.78. The number of benzene rings is 2. The highest BCUT2D eigenvalue weighted by Crippen LogP contribution is 2.27. The summed E-state index contributed by atoms with van der Waals surface area (Å²) in [4.78, 5) is 24.0. The molecule has 23 heavy (non-hydrogen) atoms. The van der Waals surface area contributed by atoms with E-state index in [9.17, 15) is 20.0 Å². The lowest BCUT2D eigenvalue weighted by molar-refractivity contribution is -0.384. The number of nitro benzene ring substituents is 1. The number of carbonyl (C=O) groups excluding carboxylic acids is 1. The number of carbonyl (C=O) groups is 1. The summed E-state index contributed by atoms with van der Waals surface area (Å²) in [6.07, 6.45) is -1.18. The number of aryl methyl sites for hydroxylation is 1. The smallest absolute Gasteiger partial charge is 0.269 e. The van der Waals surface area contributed by atoms with Crippen molar-refractivity contribution < 1.29 is 14.8 Å². The number of Topliss-reactive ketones (excluding diaryl/α,β-unsaturated/α-hetero) is 1. The Kier molecular flexibility index (Phi) is 5.41. The van der Waals surface area contributed by atoms with Crippen molar-refractivity contribution in [2.45, 2.75) is 13.0 Å². The maximum atomic E-state index is 12.5. The number of nitrogens with zero attached hydrogens (tertiary/aromatic N) is 1. The highest BCUT2D eigenvalue weighted by molar-refractivity contribution is 9.11. The fraction of sp³-hybridized carbons (Fsp3) is 0.118. The maximum absolute atomic E-state index is 12.5. The molecule has 2 aromatic carbocycles. The third-order valence-corrected chi connectivity index (χ3v) is 3.90. The summed E-state index contributed by atoms with van der Waals surface area (Å²) >= 11 is 3.11. The summed E-state index contributed by atoms with van der Waals surface area (Å²) in [5, 5.41) is 21.1. The number of aliphatic hydroxyl groups excluding tert-OH is 1. The molecule has 118 valence electrons. The molecular weight excluding hydrogens is 362 g/mol. The van der Waals surface area contributed by atoms with Crippen LogP contribution in [0, 0.1) is 17.0 Å². The molecule has 0 aromatic heterocycles. The van der Waals surface area contributed by atoms with Crippen LogP contribution in [-0.4, -0.2) is 15.8 Å². The summed E-state index contributed by atoms with van der Waals surface area (Å²) in [6, 6.07) is 12.5. The van der Waals surface area contributed by atoms with Crippen molar-refractivity contribution in [2.24, 2.45) is 0 Å². The standard InChI is InChI=1S/C17H14BrNO4/c1-11-2-4-12(5-3-11)16(20)15(10-18)17(21)13-6-8-14(9-7-13)19(22)23/h2-10,17,21H,1H3/b15-10-. The minimum atomic E-state index is -1.18. The van der Waals surface area contributed by atoms with Gasteiger partial charge in [0.25, 0.3) is 5.69 Å². The highest BCUT2D eigenvalue weighted by Gasteiger charge is 2.22. The Bertz CT molecular complexity index is 751. The van der Waals surface area contributed by atoms with Crippen LogP contribution >= 0.6 is 15.9 Å². The third-order valence-electron chi connectivity index (χ3n) is 3.41. The van der Waals surface area contributed by atoms with Gasteiger partial charge in [-0.15, -0.1) is 0 Å². The molecule has 0 spiro atoms. The Balaban J connectivity index is 2.27. The monoisotopic (exact) mass is 375 g/mol. The van der Waals surface area contributed by atoms with Crippen molar-refractivity contribution in [2.75, 3.05) is 0 Å². The van der Waals surface area contributed by atoms with E-state index < -0.39 is 11.0 Å². The zero-order valence-corrected chi connectivity index (χ0v) is 13.9. The molecule has 1 unspecified atom stereocenters. The van der Waals surface area contributed by atoms with Gasteiger partial charge in [-0.2, -0.15) is 0 Å². The van der Waals surface area contributed by atoms with Crippen LogP contribution in [0.3, 0.4) is 0 Å². The number of nitro groups is 1. The molecule has 1 atom stereocenters. The predicted octanol–water partition coefficient (Wildman–Crippen LogP) is 4.10. The number of non-ortho nitro benzene ring substituents is 1. The number of ketones is 1. The van der Waals surface area contributed by atoms with Crippen molar-refractivity contribution in [1.29, 1.82) is 0 Å². The first-order chi connectivity index (χ1) is 10.9. The Hall–Kier alpha value is -2.31. The van der Waals surface area contributed by atoms with Crippen LogP contribution in [0.4, 0.5) is 5.69 Å². The minimum Gasteiger partial charge on any atom is -0.383 e. The maximum Gasteiger partial charge on any atom is 0.269 e. The van der Waals surface area contributed by atoms with Gasteiger partial charge in [-0.25, -0.2) is 0 Å². The van der Waals surface area contributed by atoms with Crippen LogP contribution < -0.4 is 0 Å². The van der Waals surface area contributed by atoms with Gasteiger partial charge in [0.05, 0.1) is 4.92 Å². The SMILES string of the molecule is Cc1ccc(C(=O)/C(=C/Br)C(O)c2ccc([N+](=O)[O-])cc2)cc1. The molecule has 1 N–H and O–H groups in total. The summed E-state index contributed by atoms with van der Waals surface area (Å²) < 4.78 is 0. The second-order valence-corrected chi connectivity index (χ2v) is 5.47. The molecule has 5 nitrogen and oxygen atoms in total. The Morgan fingerprint density at radius 1 is 1.17 bits per heavy atom. The van der Waals surface area contributed by atoms with Gasteiger partial charge in [0.15, 0.2) is 5.78 Å². The van der Waals surface area contributed by atoms with E-state index in [1.165, 1.54) is 29.3 Å². The molecule has 0 saturated heterocycles. The first kappa shape index (κ1) is 17.1. The van der Waals surface area contributed by atoms with Gasteiger partial charge in [0, 0.05) is 23.3 Å². The summed E-state index contributed by atoms with van der Waals surface area (Å²) in [5.41, 5.74) is 1.98. The number of aliphatic hydroxyl groups is 1. The molecule has 0 aliphatic heterocycles. The van der Waals surface area contributed by atoms with Gasteiger partial charge in [0.1, 0.15) is 6.10 Å². The second kappa shape index (κ2) is 7.30. The summed E-state index contributed by atoms with van der Waals surface area (Å²) in [5.74, 6) is -0.312. The molecule has 0 saturated carbocycles. The predicted molar refractivity (Wildman–Crippen MR) is 90.6 cm³/mol. The van der Waals surface area contributed by atoms with Crippen molar-refractivity contribution in [1.82, 2.24) is 0 Å². The number of halogens is 1. The largest absolute Gasteiger partial charge is 0.383 e. The second-order valence-electron chi connectivity index (χ2n) is 5.01. The van der Waals surface area contributed by atoms with E-state index in [0.29, 0.717) is 11.1 Å². The van der Waals surface area contributed by atoms with E-state index in [2.05, 4.69) is 15.9 Å². The Labute approximate surface area is 141 Å². The topological polar surface area (TPSA) is 80.4 Å². The third kappa shape index (κ3) is 3.91. The quantitative estimate of drug-likeness (QED) is 0.369. The lowest BCUT2D eigenvalue weighted by Crippen LogP contribution is -2.12. The molecule has 6 heteroatoms. The van der Waals surface area contributed by atoms with Gasteiger partial charge in [-0.1, -0.05) is 45.8 Å². The van der Waals surface area contributed by atoms with Gasteiger partial charge in [-0.05, 0) is 29.6 Å². The van der Waals surface area contributed by atoms with E-state index in [1.54, 1.807) is 12.1 Å². The van der Waals surface area contributed by atoms with Gasteiger partial charge >= 0.3 is 0 Å². The van der Waals surface area contributed by atoms with Crippen LogP contribution in [0.15, 0.2) is 59.1 Å². The highest BCUT2D eigenvalue weighted by atomic mass is 79.9. The molecule has 0 heterocycles. The van der Waals surface area contributed by atoms with E-state index in [-0.39, 0.29) is 17.0 Å². The summed E-state index contributed by atoms with van der Waals surface area (Å²) in [7, 11) is 0. The lowest BCUT2D eigenvalue weighted by atomic mass is 9.95. The van der Waals surface area contributed by atoms with E-state index in [4.69, 9.17) is 0 Å². The molecule has 0 aliphatic carbocycles. The van der Waals surface area contributed by atoms with Crippen LogP contribution in [0.2, 0.25) is 0 Å². The van der Waals surface area contributed by atoms with Gasteiger partial charge < -0.3 is 5.11 Å². The van der Waals surface area contributed by atoms with Crippen LogP contribution in [0.25, 0.3) is 0 Å². The van der Waals surface area contributed by atoms with E-state index >= 15 is 0 Å². The zero-order valence-electron chi connectivity index (χ0n) is 12.3. The van der Waals surface area contributed by atoms with Gasteiger partial charge in [-0.3, -0.25) is 14.9 Å². The number of hydrogen-bond acceptors (Lipinski definition) is 4. The molecule has 0 amide bonds. The number of hydrogen-bond donors (Lipinski definition) is 1. The first-order valence-corrected chi connectivity index (χ1v) is 7.69. The number of rotatable bonds is 5. The average molecular weight is 376 g/mol. The Morgan fingerprint density at radius 2 is 1.74 bits per heavy atom. The molecule has 0 bridgehead atoms. The van der Waals surface area contributed by atoms with Crippen molar-refractivity contribution in [3.8, 4) is 0 Å².